The minimum atomic E-state index is -1.28. The molecule has 0 saturated heterocycles. The summed E-state index contributed by atoms with van der Waals surface area (Å²) in [7, 11) is 0. The van der Waals surface area contributed by atoms with E-state index in [-0.39, 0.29) is 29.6 Å². The second kappa shape index (κ2) is 7.28. The van der Waals surface area contributed by atoms with E-state index in [1.807, 2.05) is 0 Å². The molecule has 0 aromatic rings. The van der Waals surface area contributed by atoms with Crippen molar-refractivity contribution < 1.29 is 44.6 Å². The first-order chi connectivity index (χ1) is 4.16. The van der Waals surface area contributed by atoms with E-state index in [4.69, 9.17) is 5.11 Å². The number of hydrogen-bond donors (Lipinski definition) is 1. The van der Waals surface area contributed by atoms with E-state index >= 15 is 0 Å². The fourth-order valence-electron chi connectivity index (χ4n) is 0.326. The summed E-state index contributed by atoms with van der Waals surface area (Å²) in [4.78, 5) is 9.71. The number of carboxylic acid groups (broad SMARTS) is 1. The number of carboxylic acids is 1. The summed E-state index contributed by atoms with van der Waals surface area (Å²) >= 11 is 0. The summed E-state index contributed by atoms with van der Waals surface area (Å²) in [5, 5.41) is 18.4. The van der Waals surface area contributed by atoms with Gasteiger partial charge in [0.1, 0.15) is 0 Å². The Morgan fingerprint density at radius 3 is 2.60 bits per heavy atom. The third kappa shape index (κ3) is 8.17. The number of aliphatic hydroxyl groups excluding tert-OH is 1. The summed E-state index contributed by atoms with van der Waals surface area (Å²) in [6.07, 6.45) is 1.87. The van der Waals surface area contributed by atoms with Gasteiger partial charge in [-0.1, -0.05) is 13.0 Å². The Balaban J connectivity index is 0. The molecule has 0 aliphatic rings. The Hall–Kier alpha value is 0.170. The van der Waals surface area contributed by atoms with Crippen molar-refractivity contribution >= 4 is 5.97 Å². The Morgan fingerprint density at radius 1 is 1.80 bits per heavy atom. The molecule has 0 aromatic heterocycles. The van der Waals surface area contributed by atoms with E-state index in [9.17, 15) is 9.90 Å². The van der Waals surface area contributed by atoms with Gasteiger partial charge >= 0.3 is 29.6 Å². The molecule has 10 heavy (non-hydrogen) atoms. The van der Waals surface area contributed by atoms with Crippen LogP contribution in [0.15, 0.2) is 12.2 Å². The number of aliphatic carboxylic acids is 1. The van der Waals surface area contributed by atoms with E-state index in [0.29, 0.717) is 6.42 Å². The van der Waals surface area contributed by atoms with E-state index in [1.54, 1.807) is 6.92 Å². The molecule has 0 saturated carbocycles. The standard InChI is InChI=1S/C6H10O3.Na/c1-2-5(7)3-4-6(8)9;/h3-5,7H,2H2,1H3,(H,8,9);/q;+1/p-1. The van der Waals surface area contributed by atoms with Crippen molar-refractivity contribution in [2.75, 3.05) is 0 Å². The second-order valence-corrected chi connectivity index (χ2v) is 1.65. The molecule has 0 aliphatic carbocycles. The molecule has 0 aliphatic heterocycles. The van der Waals surface area contributed by atoms with Crippen LogP contribution >= 0.6 is 0 Å². The molecule has 0 spiro atoms. The number of carbonyl (C=O) groups is 1. The second-order valence-electron chi connectivity index (χ2n) is 1.65. The summed E-state index contributed by atoms with van der Waals surface area (Å²) in [5.74, 6) is -1.28. The molecule has 0 fully saturated rings. The number of rotatable bonds is 3. The Labute approximate surface area is 82.0 Å². The van der Waals surface area contributed by atoms with Crippen molar-refractivity contribution in [1.82, 2.24) is 0 Å². The predicted molar refractivity (Wildman–Crippen MR) is 30.4 cm³/mol. The van der Waals surface area contributed by atoms with Crippen molar-refractivity contribution in [3.63, 3.8) is 0 Å². The average Bonchev–Trinajstić information content (AvgIpc) is 1.83. The monoisotopic (exact) mass is 152 g/mol. The molecule has 1 N–H and O–H groups in total. The minimum absolute atomic E-state index is 0. The van der Waals surface area contributed by atoms with Crippen LogP contribution in [0, 0.1) is 0 Å². The molecule has 0 rings (SSSR count). The normalized spacial score (nSPS) is 12.6. The van der Waals surface area contributed by atoms with Gasteiger partial charge in [0.25, 0.3) is 0 Å². The Morgan fingerprint density at radius 2 is 2.30 bits per heavy atom. The molecule has 0 radical (unpaired) electrons. The van der Waals surface area contributed by atoms with Gasteiger partial charge in [0.15, 0.2) is 0 Å². The van der Waals surface area contributed by atoms with Crippen LogP contribution in [0.5, 0.6) is 0 Å². The largest absolute Gasteiger partial charge is 1.00 e. The Kier molecular flexibility index (Phi) is 9.33. The van der Waals surface area contributed by atoms with Gasteiger partial charge in [-0.2, -0.15) is 0 Å². The number of aliphatic hydroxyl groups is 1. The molecule has 52 valence electrons. The van der Waals surface area contributed by atoms with Gasteiger partial charge < -0.3 is 15.0 Å². The fourth-order valence-corrected chi connectivity index (χ4v) is 0.326. The van der Waals surface area contributed by atoms with E-state index < -0.39 is 12.1 Å². The van der Waals surface area contributed by atoms with Crippen LogP contribution in [0.1, 0.15) is 13.3 Å². The van der Waals surface area contributed by atoms with Gasteiger partial charge in [-0.3, -0.25) is 0 Å². The summed E-state index contributed by atoms with van der Waals surface area (Å²) in [6, 6.07) is 0. The van der Waals surface area contributed by atoms with Crippen molar-refractivity contribution in [2.24, 2.45) is 0 Å². The van der Waals surface area contributed by atoms with Gasteiger partial charge in [-0.15, -0.1) is 0 Å². The zero-order chi connectivity index (χ0) is 7.28. The maximum Gasteiger partial charge on any atom is 1.00 e. The topological polar surface area (TPSA) is 60.4 Å². The molecule has 3 nitrogen and oxygen atoms in total. The van der Waals surface area contributed by atoms with Crippen LogP contribution < -0.4 is 34.7 Å². The summed E-state index contributed by atoms with van der Waals surface area (Å²) in [6.45, 7) is 1.75. The van der Waals surface area contributed by atoms with Crippen molar-refractivity contribution in [1.29, 1.82) is 0 Å². The van der Waals surface area contributed by atoms with Crippen LogP contribution in [0.4, 0.5) is 0 Å². The fraction of sp³-hybridized carbons (Fsp3) is 0.500. The molecule has 0 heterocycles. The van der Waals surface area contributed by atoms with Gasteiger partial charge in [0.2, 0.25) is 0 Å². The van der Waals surface area contributed by atoms with Gasteiger partial charge in [-0.05, 0) is 12.5 Å². The van der Waals surface area contributed by atoms with Gasteiger partial charge in [0, 0.05) is 0 Å². The number of carbonyl (C=O) groups excluding carboxylic acids is 1. The summed E-state index contributed by atoms with van der Waals surface area (Å²) < 4.78 is 0. The first-order valence-corrected chi connectivity index (χ1v) is 2.74. The van der Waals surface area contributed by atoms with Crippen LogP contribution in [-0.2, 0) is 4.79 Å². The molecule has 0 amide bonds. The third-order valence-electron chi connectivity index (χ3n) is 0.873. The van der Waals surface area contributed by atoms with E-state index in [0.717, 1.165) is 6.08 Å². The van der Waals surface area contributed by atoms with Crippen molar-refractivity contribution in [2.45, 2.75) is 19.4 Å². The minimum Gasteiger partial charge on any atom is -0.545 e. The zero-order valence-electron chi connectivity index (χ0n) is 6.20. The van der Waals surface area contributed by atoms with Crippen LogP contribution in [0.3, 0.4) is 0 Å². The molecular weight excluding hydrogens is 143 g/mol. The molecule has 4 heteroatoms. The molecule has 0 bridgehead atoms. The third-order valence-corrected chi connectivity index (χ3v) is 0.873. The van der Waals surface area contributed by atoms with Crippen LogP contribution in [-0.4, -0.2) is 17.2 Å². The predicted octanol–water partition coefficient (Wildman–Crippen LogP) is -3.93. The smallest absolute Gasteiger partial charge is 0.545 e. The quantitative estimate of drug-likeness (QED) is 0.332. The van der Waals surface area contributed by atoms with Gasteiger partial charge in [0.05, 0.1) is 12.1 Å². The maximum atomic E-state index is 9.71. The SMILES string of the molecule is CCC(O)C=CC(=O)[O-].[Na+]. The first kappa shape index (κ1) is 12.8. The van der Waals surface area contributed by atoms with E-state index in [1.165, 1.54) is 6.08 Å². The Bertz CT molecular complexity index is 122. The van der Waals surface area contributed by atoms with Gasteiger partial charge in [-0.25, -0.2) is 0 Å². The zero-order valence-corrected chi connectivity index (χ0v) is 8.20. The van der Waals surface area contributed by atoms with E-state index in [2.05, 4.69) is 0 Å². The van der Waals surface area contributed by atoms with Crippen molar-refractivity contribution in [3.05, 3.63) is 12.2 Å². The molecular formula is C6H9NaO3. The molecule has 1 atom stereocenters. The number of hydrogen-bond acceptors (Lipinski definition) is 3. The van der Waals surface area contributed by atoms with Crippen molar-refractivity contribution in [3.8, 4) is 0 Å². The molecule has 1 unspecified atom stereocenters. The maximum absolute atomic E-state index is 9.71. The summed E-state index contributed by atoms with van der Waals surface area (Å²) in [5.41, 5.74) is 0. The first-order valence-electron chi connectivity index (χ1n) is 2.74. The average molecular weight is 152 g/mol. The molecule has 0 aromatic carbocycles. The van der Waals surface area contributed by atoms with Crippen LogP contribution in [0.2, 0.25) is 0 Å². The van der Waals surface area contributed by atoms with Crippen LogP contribution in [0.25, 0.3) is 0 Å².